The molecular formula is C12H25N. The molecule has 0 aliphatic rings. The zero-order chi connectivity index (χ0) is 10.7. The molecule has 0 aliphatic heterocycles. The van der Waals surface area contributed by atoms with E-state index in [0.29, 0.717) is 5.92 Å². The van der Waals surface area contributed by atoms with Gasteiger partial charge < -0.3 is 0 Å². The fraction of sp³-hybridized carbons (Fsp3) is 0.917. The summed E-state index contributed by atoms with van der Waals surface area (Å²) in [6.07, 6.45) is 2.23. The van der Waals surface area contributed by atoms with Crippen molar-refractivity contribution in [3.63, 3.8) is 0 Å². The van der Waals surface area contributed by atoms with Crippen LogP contribution in [0.15, 0.2) is 4.99 Å². The Bertz CT molecular complexity index is 174. The standard InChI is InChI=1S/C12H25N/c1-8-11(5,10(3)4)12(6,9-2)13-7/h10H,7-9H2,1-6H3. The van der Waals surface area contributed by atoms with Crippen molar-refractivity contribution in [1.82, 2.24) is 0 Å². The van der Waals surface area contributed by atoms with Crippen LogP contribution in [0.1, 0.15) is 54.4 Å². The Balaban J connectivity index is 5.02. The number of rotatable bonds is 5. The van der Waals surface area contributed by atoms with Gasteiger partial charge in [0, 0.05) is 0 Å². The first kappa shape index (κ1) is 12.7. The van der Waals surface area contributed by atoms with Gasteiger partial charge in [0.05, 0.1) is 5.54 Å². The van der Waals surface area contributed by atoms with Crippen molar-refractivity contribution >= 4 is 6.72 Å². The van der Waals surface area contributed by atoms with Gasteiger partial charge in [0.15, 0.2) is 0 Å². The second-order valence-electron chi connectivity index (χ2n) is 4.71. The second kappa shape index (κ2) is 4.26. The Morgan fingerprint density at radius 1 is 1.15 bits per heavy atom. The fourth-order valence-electron chi connectivity index (χ4n) is 2.11. The Morgan fingerprint density at radius 2 is 1.62 bits per heavy atom. The van der Waals surface area contributed by atoms with Crippen LogP contribution in [0, 0.1) is 11.3 Å². The minimum absolute atomic E-state index is 0.0237. The lowest BCUT2D eigenvalue weighted by atomic mass is 9.62. The van der Waals surface area contributed by atoms with E-state index in [4.69, 9.17) is 0 Å². The molecule has 0 aliphatic carbocycles. The maximum atomic E-state index is 4.35. The lowest BCUT2D eigenvalue weighted by molar-refractivity contribution is 0.0869. The Morgan fingerprint density at radius 3 is 1.69 bits per heavy atom. The maximum absolute atomic E-state index is 4.35. The Kier molecular flexibility index (Phi) is 4.15. The molecule has 2 unspecified atom stereocenters. The zero-order valence-electron chi connectivity index (χ0n) is 10.1. The summed E-state index contributed by atoms with van der Waals surface area (Å²) in [5.74, 6) is 0.646. The molecule has 0 fully saturated rings. The van der Waals surface area contributed by atoms with Crippen molar-refractivity contribution in [3.05, 3.63) is 0 Å². The molecule has 0 radical (unpaired) electrons. The zero-order valence-corrected chi connectivity index (χ0v) is 10.1. The molecule has 1 heteroatoms. The van der Waals surface area contributed by atoms with Crippen LogP contribution in [-0.2, 0) is 0 Å². The van der Waals surface area contributed by atoms with Crippen molar-refractivity contribution < 1.29 is 0 Å². The van der Waals surface area contributed by atoms with Crippen molar-refractivity contribution in [2.75, 3.05) is 0 Å². The Hall–Kier alpha value is -0.330. The SMILES string of the molecule is C=NC(C)(CC)C(C)(CC)C(C)C. The lowest BCUT2D eigenvalue weighted by Crippen LogP contribution is -2.45. The number of hydrogen-bond acceptors (Lipinski definition) is 1. The number of hydrogen-bond donors (Lipinski definition) is 0. The molecule has 1 nitrogen and oxygen atoms in total. The molecule has 0 spiro atoms. The summed E-state index contributed by atoms with van der Waals surface area (Å²) < 4.78 is 0. The van der Waals surface area contributed by atoms with Crippen LogP contribution in [0.5, 0.6) is 0 Å². The highest BCUT2D eigenvalue weighted by Gasteiger charge is 2.43. The van der Waals surface area contributed by atoms with Gasteiger partial charge in [-0.1, -0.05) is 34.6 Å². The summed E-state index contributed by atoms with van der Waals surface area (Å²) in [6.45, 7) is 17.3. The first-order valence-corrected chi connectivity index (χ1v) is 5.35. The average Bonchev–Trinajstić information content (AvgIpc) is 2.14. The van der Waals surface area contributed by atoms with Crippen molar-refractivity contribution in [2.45, 2.75) is 59.9 Å². The van der Waals surface area contributed by atoms with Gasteiger partial charge in [-0.2, -0.15) is 0 Å². The molecule has 0 aromatic carbocycles. The third-order valence-electron chi connectivity index (χ3n) is 4.28. The van der Waals surface area contributed by atoms with E-state index in [1.165, 1.54) is 0 Å². The quantitative estimate of drug-likeness (QED) is 0.573. The van der Waals surface area contributed by atoms with Crippen LogP contribution in [0.4, 0.5) is 0 Å². The molecule has 0 saturated carbocycles. The third kappa shape index (κ3) is 1.95. The van der Waals surface area contributed by atoms with E-state index in [1.807, 2.05) is 0 Å². The fourth-order valence-corrected chi connectivity index (χ4v) is 2.11. The smallest absolute Gasteiger partial charge is 0.0626 e. The molecule has 0 saturated heterocycles. The van der Waals surface area contributed by atoms with Gasteiger partial charge in [-0.25, -0.2) is 0 Å². The van der Waals surface area contributed by atoms with Gasteiger partial charge in [-0.05, 0) is 37.8 Å². The molecule has 0 aromatic heterocycles. The molecule has 2 atom stereocenters. The third-order valence-corrected chi connectivity index (χ3v) is 4.28. The van der Waals surface area contributed by atoms with Gasteiger partial charge in [0.2, 0.25) is 0 Å². The minimum Gasteiger partial charge on any atom is -0.294 e. The van der Waals surface area contributed by atoms with Crippen LogP contribution >= 0.6 is 0 Å². The Labute approximate surface area is 83.6 Å². The van der Waals surface area contributed by atoms with Gasteiger partial charge in [-0.3, -0.25) is 4.99 Å². The predicted molar refractivity (Wildman–Crippen MR) is 61.5 cm³/mol. The molecule has 0 aromatic rings. The number of aliphatic imine (C=N–C) groups is 1. The molecule has 0 bridgehead atoms. The van der Waals surface area contributed by atoms with Crippen LogP contribution in [0.3, 0.4) is 0 Å². The van der Waals surface area contributed by atoms with Gasteiger partial charge >= 0.3 is 0 Å². The highest BCUT2D eigenvalue weighted by atomic mass is 14.9. The molecular weight excluding hydrogens is 158 g/mol. The molecule has 0 N–H and O–H groups in total. The summed E-state index contributed by atoms with van der Waals surface area (Å²) in [5.41, 5.74) is 0.291. The molecule has 0 heterocycles. The summed E-state index contributed by atoms with van der Waals surface area (Å²) in [7, 11) is 0. The van der Waals surface area contributed by atoms with Gasteiger partial charge in [0.25, 0.3) is 0 Å². The van der Waals surface area contributed by atoms with Gasteiger partial charge in [-0.15, -0.1) is 0 Å². The van der Waals surface area contributed by atoms with E-state index in [2.05, 4.69) is 53.3 Å². The second-order valence-corrected chi connectivity index (χ2v) is 4.71. The van der Waals surface area contributed by atoms with E-state index in [0.717, 1.165) is 12.8 Å². The van der Waals surface area contributed by atoms with E-state index in [1.54, 1.807) is 0 Å². The van der Waals surface area contributed by atoms with Crippen LogP contribution in [0.25, 0.3) is 0 Å². The van der Waals surface area contributed by atoms with Crippen molar-refractivity contribution in [1.29, 1.82) is 0 Å². The summed E-state index contributed by atoms with van der Waals surface area (Å²) in [5, 5.41) is 0. The van der Waals surface area contributed by atoms with E-state index in [9.17, 15) is 0 Å². The lowest BCUT2D eigenvalue weighted by Gasteiger charge is -2.46. The summed E-state index contributed by atoms with van der Waals surface area (Å²) in [4.78, 5) is 4.35. The highest BCUT2D eigenvalue weighted by Crippen LogP contribution is 2.45. The van der Waals surface area contributed by atoms with E-state index in [-0.39, 0.29) is 11.0 Å². The van der Waals surface area contributed by atoms with Crippen molar-refractivity contribution in [3.8, 4) is 0 Å². The maximum Gasteiger partial charge on any atom is 0.0626 e. The number of nitrogens with zero attached hydrogens (tertiary/aromatic N) is 1. The van der Waals surface area contributed by atoms with Crippen LogP contribution in [0.2, 0.25) is 0 Å². The summed E-state index contributed by atoms with van der Waals surface area (Å²) >= 11 is 0. The minimum atomic E-state index is 0.0237. The first-order valence-electron chi connectivity index (χ1n) is 5.35. The molecule has 0 rings (SSSR count). The molecule has 13 heavy (non-hydrogen) atoms. The highest BCUT2D eigenvalue weighted by molar-refractivity contribution is 5.27. The van der Waals surface area contributed by atoms with Crippen molar-refractivity contribution in [2.24, 2.45) is 16.3 Å². The monoisotopic (exact) mass is 183 g/mol. The van der Waals surface area contributed by atoms with E-state index >= 15 is 0 Å². The predicted octanol–water partition coefficient (Wildman–Crippen LogP) is 3.93. The molecule has 78 valence electrons. The average molecular weight is 183 g/mol. The van der Waals surface area contributed by atoms with Crippen LogP contribution < -0.4 is 0 Å². The first-order chi connectivity index (χ1) is 5.88. The molecule has 0 amide bonds. The topological polar surface area (TPSA) is 12.4 Å². The van der Waals surface area contributed by atoms with Crippen LogP contribution in [-0.4, -0.2) is 12.3 Å². The normalized spacial score (nSPS) is 20.8. The largest absolute Gasteiger partial charge is 0.294 e. The summed E-state index contributed by atoms with van der Waals surface area (Å²) in [6, 6.07) is 0. The van der Waals surface area contributed by atoms with E-state index < -0.39 is 0 Å². The van der Waals surface area contributed by atoms with Gasteiger partial charge in [0.1, 0.15) is 0 Å².